The van der Waals surface area contributed by atoms with Crippen LogP contribution in [0, 0.1) is 17.6 Å². The van der Waals surface area contributed by atoms with Gasteiger partial charge in [0.1, 0.15) is 17.7 Å². The van der Waals surface area contributed by atoms with Crippen LogP contribution in [0.1, 0.15) is 30.1 Å². The molecular weight excluding hydrogens is 456 g/mol. The van der Waals surface area contributed by atoms with Crippen LogP contribution in [0.4, 0.5) is 8.78 Å². The van der Waals surface area contributed by atoms with Gasteiger partial charge in [-0.3, -0.25) is 14.4 Å². The van der Waals surface area contributed by atoms with E-state index >= 15 is 0 Å². The molecule has 2 aliphatic rings. The molecule has 5 nitrogen and oxygen atoms in total. The number of halogens is 2. The van der Waals surface area contributed by atoms with Gasteiger partial charge in [0.2, 0.25) is 0 Å². The van der Waals surface area contributed by atoms with E-state index in [-0.39, 0.29) is 23.3 Å². The number of hydrogen-bond acceptors (Lipinski definition) is 5. The predicted octanol–water partition coefficient (Wildman–Crippen LogP) is 3.12. The summed E-state index contributed by atoms with van der Waals surface area (Å²) in [7, 11) is 0. The second-order valence-corrected chi connectivity index (χ2v) is 9.80. The Hall–Kier alpha value is -2.68. The molecular formula is C26H27F2N3O2S. The van der Waals surface area contributed by atoms with E-state index < -0.39 is 0 Å². The number of nitrogens with zero attached hydrogens (tertiary/aromatic N) is 3. The van der Waals surface area contributed by atoms with E-state index in [1.807, 2.05) is 0 Å². The third-order valence-electron chi connectivity index (χ3n) is 6.52. The molecule has 34 heavy (non-hydrogen) atoms. The molecule has 1 aromatic heterocycles. The fourth-order valence-electron chi connectivity index (χ4n) is 4.60. The molecule has 1 fully saturated rings. The summed E-state index contributed by atoms with van der Waals surface area (Å²) < 4.78 is 35.6. The largest absolute Gasteiger partial charge is 0.367 e. The van der Waals surface area contributed by atoms with Crippen molar-refractivity contribution in [3.63, 3.8) is 0 Å². The summed E-state index contributed by atoms with van der Waals surface area (Å²) >= 11 is 1.51. The zero-order valence-electron chi connectivity index (χ0n) is 18.8. The maximum atomic E-state index is 13.4. The summed E-state index contributed by atoms with van der Waals surface area (Å²) in [6, 6.07) is 12.5. The molecule has 8 heteroatoms. The lowest BCUT2D eigenvalue weighted by atomic mass is 9.97. The fourth-order valence-corrected chi connectivity index (χ4v) is 5.69. The first-order valence-corrected chi connectivity index (χ1v) is 12.5. The van der Waals surface area contributed by atoms with Gasteiger partial charge in [-0.15, -0.1) is 0 Å². The van der Waals surface area contributed by atoms with Crippen molar-refractivity contribution in [2.24, 2.45) is 10.9 Å². The van der Waals surface area contributed by atoms with Crippen molar-refractivity contribution in [1.29, 1.82) is 0 Å². The minimum atomic E-state index is -0.383. The molecule has 3 heterocycles. The standard InChI is InChI=1S/C26H27F2N3O2S/c27-21-5-1-19(2-6-21)24(20-3-7-22(28)8-4-20)33-16-15-30-12-9-18(10-13-30)17-23-25(32)31-14-11-29-26(31)34-23/h1-8,17-18,24H,9-16H2/b23-17+. The van der Waals surface area contributed by atoms with Gasteiger partial charge in [0, 0.05) is 13.1 Å². The minimum Gasteiger partial charge on any atom is -0.367 e. The highest BCUT2D eigenvalue weighted by molar-refractivity contribution is 7.07. The average Bonchev–Trinajstić information content (AvgIpc) is 3.42. The van der Waals surface area contributed by atoms with E-state index in [0.717, 1.165) is 52.9 Å². The van der Waals surface area contributed by atoms with E-state index in [1.165, 1.54) is 35.6 Å². The normalized spacial score (nSPS) is 17.3. The Labute approximate surface area is 200 Å². The van der Waals surface area contributed by atoms with Crippen LogP contribution in [0.3, 0.4) is 0 Å². The highest BCUT2D eigenvalue weighted by atomic mass is 32.1. The first kappa shape index (κ1) is 23.1. The number of likely N-dealkylation sites (tertiary alicyclic amines) is 1. The molecule has 0 radical (unpaired) electrons. The van der Waals surface area contributed by atoms with Crippen LogP contribution in [0.5, 0.6) is 0 Å². The molecule has 1 saturated heterocycles. The van der Waals surface area contributed by atoms with Crippen LogP contribution in [-0.2, 0) is 11.3 Å². The lowest BCUT2D eigenvalue weighted by Crippen LogP contribution is -2.37. The number of fused-ring (bicyclic) bond motifs is 1. The average molecular weight is 484 g/mol. The van der Waals surface area contributed by atoms with Crippen molar-refractivity contribution in [3.8, 4) is 0 Å². The second-order valence-electron chi connectivity index (χ2n) is 8.79. The van der Waals surface area contributed by atoms with Crippen LogP contribution in [0.15, 0.2) is 58.3 Å². The molecule has 0 saturated carbocycles. The predicted molar refractivity (Wildman–Crippen MR) is 128 cm³/mol. The Bertz CT molecular complexity index is 1250. The number of benzene rings is 2. The summed E-state index contributed by atoms with van der Waals surface area (Å²) in [5, 5.41) is 0. The molecule has 2 aromatic carbocycles. The van der Waals surface area contributed by atoms with Crippen molar-refractivity contribution < 1.29 is 13.5 Å². The number of rotatable bonds is 7. The van der Waals surface area contributed by atoms with Gasteiger partial charge in [-0.1, -0.05) is 41.7 Å². The quantitative estimate of drug-likeness (QED) is 0.519. The molecule has 178 valence electrons. The van der Waals surface area contributed by atoms with Gasteiger partial charge >= 0.3 is 0 Å². The summed E-state index contributed by atoms with van der Waals surface area (Å²) in [6.45, 7) is 4.59. The Kier molecular flexibility index (Phi) is 6.99. The zero-order chi connectivity index (χ0) is 23.5. The fraction of sp³-hybridized carbons (Fsp3) is 0.385. The van der Waals surface area contributed by atoms with E-state index in [4.69, 9.17) is 4.74 Å². The Morgan fingerprint density at radius 2 is 1.62 bits per heavy atom. The maximum absolute atomic E-state index is 13.4. The smallest absolute Gasteiger partial charge is 0.269 e. The SMILES string of the molecule is O=c1/c(=C\C2CCN(CCOC(c3ccc(F)cc3)c3ccc(F)cc3)CC2)sc2n1CCN=2. The first-order chi connectivity index (χ1) is 16.6. The second kappa shape index (κ2) is 10.3. The monoisotopic (exact) mass is 483 g/mol. The van der Waals surface area contributed by atoms with Gasteiger partial charge in [0.15, 0.2) is 4.80 Å². The molecule has 0 aliphatic carbocycles. The number of aromatic nitrogens is 1. The number of thiazole rings is 1. The summed E-state index contributed by atoms with van der Waals surface area (Å²) in [5.41, 5.74) is 1.77. The lowest BCUT2D eigenvalue weighted by molar-refractivity contribution is 0.0537. The Morgan fingerprint density at radius 1 is 1.00 bits per heavy atom. The van der Waals surface area contributed by atoms with Crippen LogP contribution in [0.2, 0.25) is 0 Å². The highest BCUT2D eigenvalue weighted by Crippen LogP contribution is 2.27. The van der Waals surface area contributed by atoms with Crippen LogP contribution in [0.25, 0.3) is 6.08 Å². The molecule has 0 bridgehead atoms. The zero-order valence-corrected chi connectivity index (χ0v) is 19.6. The third-order valence-corrected chi connectivity index (χ3v) is 7.58. The molecule has 3 aromatic rings. The van der Waals surface area contributed by atoms with E-state index in [1.54, 1.807) is 28.8 Å². The summed E-state index contributed by atoms with van der Waals surface area (Å²) in [5.74, 6) is -0.202. The third kappa shape index (κ3) is 5.19. The van der Waals surface area contributed by atoms with Crippen molar-refractivity contribution in [3.05, 3.63) is 91.0 Å². The molecule has 0 spiro atoms. The van der Waals surface area contributed by atoms with Gasteiger partial charge in [-0.2, -0.15) is 0 Å². The van der Waals surface area contributed by atoms with Crippen LogP contribution >= 0.6 is 11.3 Å². The number of ether oxygens (including phenoxy) is 1. The van der Waals surface area contributed by atoms with E-state index in [0.29, 0.717) is 25.6 Å². The molecule has 5 rings (SSSR count). The topological polar surface area (TPSA) is 46.8 Å². The van der Waals surface area contributed by atoms with Gasteiger partial charge in [0.25, 0.3) is 5.56 Å². The molecule has 0 atom stereocenters. The van der Waals surface area contributed by atoms with E-state index in [2.05, 4.69) is 16.0 Å². The van der Waals surface area contributed by atoms with Gasteiger partial charge in [-0.05, 0) is 67.2 Å². The minimum absolute atomic E-state index is 0.102. The van der Waals surface area contributed by atoms with Gasteiger partial charge in [-0.25, -0.2) is 8.78 Å². The molecule has 0 N–H and O–H groups in total. The molecule has 2 aliphatic heterocycles. The Morgan fingerprint density at radius 3 is 2.21 bits per heavy atom. The number of piperidine rings is 1. The Balaban J connectivity index is 1.18. The molecule has 0 unspecified atom stereocenters. The van der Waals surface area contributed by atoms with E-state index in [9.17, 15) is 13.6 Å². The highest BCUT2D eigenvalue weighted by Gasteiger charge is 2.20. The van der Waals surface area contributed by atoms with Crippen molar-refractivity contribution in [1.82, 2.24) is 9.47 Å². The van der Waals surface area contributed by atoms with Crippen LogP contribution in [-0.4, -0.2) is 42.3 Å². The van der Waals surface area contributed by atoms with Gasteiger partial charge in [0.05, 0.1) is 17.7 Å². The van der Waals surface area contributed by atoms with Crippen LogP contribution < -0.4 is 14.9 Å². The summed E-state index contributed by atoms with van der Waals surface area (Å²) in [4.78, 5) is 20.1. The maximum Gasteiger partial charge on any atom is 0.269 e. The lowest BCUT2D eigenvalue weighted by Gasteiger charge is -2.31. The summed E-state index contributed by atoms with van der Waals surface area (Å²) in [6.07, 6.45) is 3.76. The van der Waals surface area contributed by atoms with Crippen molar-refractivity contribution >= 4 is 17.4 Å². The van der Waals surface area contributed by atoms with Gasteiger partial charge < -0.3 is 9.64 Å². The first-order valence-electron chi connectivity index (χ1n) is 11.7. The van der Waals surface area contributed by atoms with Crippen molar-refractivity contribution in [2.45, 2.75) is 25.5 Å². The number of hydrogen-bond donors (Lipinski definition) is 0. The van der Waals surface area contributed by atoms with Crippen molar-refractivity contribution in [2.75, 3.05) is 32.8 Å². The molecule has 0 amide bonds.